The number of benzene rings is 3. The van der Waals surface area contributed by atoms with Crippen LogP contribution in [-0.2, 0) is 9.53 Å². The molecule has 0 spiro atoms. The molecule has 4 rings (SSSR count). The van der Waals surface area contributed by atoms with Crippen LogP contribution in [0, 0.1) is 0 Å². The summed E-state index contributed by atoms with van der Waals surface area (Å²) >= 11 is 7.15. The minimum Gasteiger partial charge on any atom is -0.506 e. The van der Waals surface area contributed by atoms with Crippen LogP contribution in [-0.4, -0.2) is 22.7 Å². The summed E-state index contributed by atoms with van der Waals surface area (Å²) in [7, 11) is 0. The van der Waals surface area contributed by atoms with Crippen molar-refractivity contribution in [3.05, 3.63) is 106 Å². The number of nitrogens with zero attached hydrogens (tertiary/aromatic N) is 1. The zero-order chi connectivity index (χ0) is 23.2. The molecule has 0 amide bonds. The molecule has 0 aromatic heterocycles. The Morgan fingerprint density at radius 2 is 1.76 bits per heavy atom. The van der Waals surface area contributed by atoms with Crippen LogP contribution in [0.15, 0.2) is 100 Å². The van der Waals surface area contributed by atoms with E-state index >= 15 is 0 Å². The van der Waals surface area contributed by atoms with E-state index in [1.165, 1.54) is 11.8 Å². The zero-order valence-electron chi connectivity index (χ0n) is 17.7. The lowest BCUT2D eigenvalue weighted by molar-refractivity contribution is -0.138. The fraction of sp³-hybridized carbons (Fsp3) is 0.0769. The first-order valence-corrected chi connectivity index (χ1v) is 11.4. The molecule has 1 aliphatic rings. The molecular weight excluding hydrogens is 458 g/mol. The van der Waals surface area contributed by atoms with Crippen molar-refractivity contribution in [2.24, 2.45) is 4.99 Å². The maximum absolute atomic E-state index is 12.6. The molecule has 166 valence electrons. The van der Waals surface area contributed by atoms with Gasteiger partial charge in [0.15, 0.2) is 0 Å². The summed E-state index contributed by atoms with van der Waals surface area (Å²) < 4.78 is 11.0. The number of para-hydroxylation sites is 1. The van der Waals surface area contributed by atoms with E-state index in [1.54, 1.807) is 37.3 Å². The molecule has 0 atom stereocenters. The highest BCUT2D eigenvalue weighted by molar-refractivity contribution is 8.18. The van der Waals surface area contributed by atoms with Gasteiger partial charge in [0.1, 0.15) is 27.9 Å². The third-order valence-corrected chi connectivity index (χ3v) is 5.83. The highest BCUT2D eigenvalue weighted by Crippen LogP contribution is 2.40. The standard InChI is InChI=1S/C26H20ClNO4S/c1-2-31-26(30)23-24(29)22(33-25(23)28-19-13-11-18(27)12-14-19)16-17-7-6-10-21(15-17)32-20-8-4-3-5-9-20/h3-16,29H,2H2,1H3/b22-16-,28-25?. The number of hydrogen-bond acceptors (Lipinski definition) is 6. The Morgan fingerprint density at radius 3 is 2.48 bits per heavy atom. The summed E-state index contributed by atoms with van der Waals surface area (Å²) in [6.07, 6.45) is 1.78. The largest absolute Gasteiger partial charge is 0.506 e. The molecule has 3 aromatic carbocycles. The van der Waals surface area contributed by atoms with Gasteiger partial charge in [0, 0.05) is 5.02 Å². The lowest BCUT2D eigenvalue weighted by atomic mass is 10.1. The predicted octanol–water partition coefficient (Wildman–Crippen LogP) is 7.33. The van der Waals surface area contributed by atoms with Gasteiger partial charge in [-0.05, 0) is 67.1 Å². The van der Waals surface area contributed by atoms with E-state index in [4.69, 9.17) is 21.1 Å². The normalized spacial score (nSPS) is 15.8. The summed E-state index contributed by atoms with van der Waals surface area (Å²) in [6.45, 7) is 1.90. The van der Waals surface area contributed by atoms with E-state index in [1.807, 2.05) is 54.6 Å². The average molecular weight is 478 g/mol. The minimum atomic E-state index is -0.625. The van der Waals surface area contributed by atoms with Crippen LogP contribution in [0.1, 0.15) is 12.5 Å². The molecule has 7 heteroatoms. The van der Waals surface area contributed by atoms with Gasteiger partial charge >= 0.3 is 5.97 Å². The number of hydrogen-bond donors (Lipinski definition) is 1. The van der Waals surface area contributed by atoms with Crippen molar-refractivity contribution in [1.29, 1.82) is 0 Å². The van der Waals surface area contributed by atoms with Crippen LogP contribution < -0.4 is 4.74 Å². The van der Waals surface area contributed by atoms with E-state index in [0.29, 0.717) is 26.4 Å². The van der Waals surface area contributed by atoms with Crippen molar-refractivity contribution in [1.82, 2.24) is 0 Å². The van der Waals surface area contributed by atoms with Crippen molar-refractivity contribution in [3.8, 4) is 11.5 Å². The number of rotatable bonds is 6. The Bertz CT molecular complexity index is 1250. The fourth-order valence-electron chi connectivity index (χ4n) is 3.07. The average Bonchev–Trinajstić information content (AvgIpc) is 3.11. The van der Waals surface area contributed by atoms with E-state index in [2.05, 4.69) is 4.99 Å². The van der Waals surface area contributed by atoms with Crippen LogP contribution >= 0.6 is 23.4 Å². The molecular formula is C26H20ClNO4S. The van der Waals surface area contributed by atoms with Gasteiger partial charge < -0.3 is 14.6 Å². The predicted molar refractivity (Wildman–Crippen MR) is 133 cm³/mol. The second-order valence-electron chi connectivity index (χ2n) is 6.94. The van der Waals surface area contributed by atoms with Gasteiger partial charge in [0.2, 0.25) is 0 Å². The molecule has 1 heterocycles. The first kappa shape index (κ1) is 22.7. The Balaban J connectivity index is 1.66. The molecule has 3 aromatic rings. The third-order valence-electron chi connectivity index (χ3n) is 4.56. The Labute approximate surface area is 201 Å². The monoisotopic (exact) mass is 477 g/mol. The van der Waals surface area contributed by atoms with Crippen molar-refractivity contribution in [3.63, 3.8) is 0 Å². The van der Waals surface area contributed by atoms with Crippen molar-refractivity contribution in [2.75, 3.05) is 6.61 Å². The van der Waals surface area contributed by atoms with Crippen LogP contribution in [0.3, 0.4) is 0 Å². The van der Waals surface area contributed by atoms with Gasteiger partial charge in [-0.15, -0.1) is 0 Å². The van der Waals surface area contributed by atoms with Gasteiger partial charge in [0.05, 0.1) is 17.2 Å². The summed E-state index contributed by atoms with van der Waals surface area (Å²) in [4.78, 5) is 17.6. The zero-order valence-corrected chi connectivity index (χ0v) is 19.3. The van der Waals surface area contributed by atoms with Crippen molar-refractivity contribution in [2.45, 2.75) is 6.92 Å². The number of esters is 1. The lowest BCUT2D eigenvalue weighted by Crippen LogP contribution is -2.12. The number of aliphatic imine (C=N–C) groups is 1. The fourth-order valence-corrected chi connectivity index (χ4v) is 4.23. The number of halogens is 1. The number of aliphatic hydroxyl groups excluding tert-OH is 1. The maximum atomic E-state index is 12.6. The van der Waals surface area contributed by atoms with Gasteiger partial charge in [-0.3, -0.25) is 0 Å². The SMILES string of the molecule is CCOC(=O)C1=C(O)/C(=C/c2cccc(Oc3ccccc3)c2)SC1=Nc1ccc(Cl)cc1. The highest BCUT2D eigenvalue weighted by atomic mass is 35.5. The number of carbonyl (C=O) groups excluding carboxylic acids is 1. The molecule has 0 saturated carbocycles. The number of ether oxygens (including phenoxy) is 2. The van der Waals surface area contributed by atoms with Gasteiger partial charge in [-0.25, -0.2) is 9.79 Å². The van der Waals surface area contributed by atoms with Gasteiger partial charge in [0.25, 0.3) is 0 Å². The van der Waals surface area contributed by atoms with E-state index in [-0.39, 0.29) is 17.9 Å². The molecule has 0 aliphatic carbocycles. The lowest BCUT2D eigenvalue weighted by Gasteiger charge is -2.06. The molecule has 1 N–H and O–H groups in total. The van der Waals surface area contributed by atoms with Gasteiger partial charge in [-0.1, -0.05) is 53.7 Å². The third kappa shape index (κ3) is 5.66. The Kier molecular flexibility index (Phi) is 7.17. The number of thioether (sulfide) groups is 1. The molecule has 33 heavy (non-hydrogen) atoms. The number of aliphatic hydroxyl groups is 1. The second-order valence-corrected chi connectivity index (χ2v) is 8.40. The Morgan fingerprint density at radius 1 is 1.03 bits per heavy atom. The molecule has 1 aliphatic heterocycles. The van der Waals surface area contributed by atoms with Crippen molar-refractivity contribution >= 4 is 46.1 Å². The van der Waals surface area contributed by atoms with Crippen LogP contribution in [0.2, 0.25) is 5.02 Å². The summed E-state index contributed by atoms with van der Waals surface area (Å²) in [5.41, 5.74) is 1.45. The smallest absolute Gasteiger partial charge is 0.344 e. The number of carbonyl (C=O) groups is 1. The quantitative estimate of drug-likeness (QED) is 0.376. The molecule has 0 unspecified atom stereocenters. The molecule has 0 radical (unpaired) electrons. The second kappa shape index (κ2) is 10.4. The first-order valence-electron chi connectivity index (χ1n) is 10.2. The van der Waals surface area contributed by atoms with Crippen molar-refractivity contribution < 1.29 is 19.4 Å². The van der Waals surface area contributed by atoms with E-state index in [9.17, 15) is 9.90 Å². The minimum absolute atomic E-state index is 0.0414. The Hall–Kier alpha value is -3.48. The van der Waals surface area contributed by atoms with E-state index < -0.39 is 5.97 Å². The van der Waals surface area contributed by atoms with Crippen LogP contribution in [0.4, 0.5) is 5.69 Å². The first-order chi connectivity index (χ1) is 16.0. The molecule has 5 nitrogen and oxygen atoms in total. The summed E-state index contributed by atoms with van der Waals surface area (Å²) in [5, 5.41) is 11.8. The highest BCUT2D eigenvalue weighted by Gasteiger charge is 2.33. The van der Waals surface area contributed by atoms with Crippen LogP contribution in [0.25, 0.3) is 6.08 Å². The summed E-state index contributed by atoms with van der Waals surface area (Å²) in [6, 6.07) is 23.8. The van der Waals surface area contributed by atoms with Crippen LogP contribution in [0.5, 0.6) is 11.5 Å². The van der Waals surface area contributed by atoms with E-state index in [0.717, 1.165) is 11.3 Å². The molecule has 0 bridgehead atoms. The summed E-state index contributed by atoms with van der Waals surface area (Å²) in [5.74, 6) is 0.588. The molecule has 0 fully saturated rings. The molecule has 0 saturated heterocycles. The topological polar surface area (TPSA) is 68.1 Å². The maximum Gasteiger partial charge on any atom is 0.344 e. The van der Waals surface area contributed by atoms with Gasteiger partial charge in [-0.2, -0.15) is 0 Å².